The molecule has 0 saturated carbocycles. The van der Waals surface area contributed by atoms with Gasteiger partial charge in [-0.25, -0.2) is 0 Å². The molecule has 0 aliphatic rings. The molecule has 17 heavy (non-hydrogen) atoms. The van der Waals surface area contributed by atoms with E-state index in [1.54, 1.807) is 0 Å². The van der Waals surface area contributed by atoms with Crippen LogP contribution in [0.15, 0.2) is 12.7 Å². The van der Waals surface area contributed by atoms with Crippen molar-refractivity contribution in [3.05, 3.63) is 45.3 Å². The first-order valence-corrected chi connectivity index (χ1v) is 6.13. The summed E-state index contributed by atoms with van der Waals surface area (Å²) < 4.78 is 0. The SMILES string of the molecule is C=CCC(C)(C)c1c(C)c(=C)c(C)c(C)c1=C. The third-order valence-electron chi connectivity index (χ3n) is 3.93. The molecule has 0 bridgehead atoms. The van der Waals surface area contributed by atoms with Crippen LogP contribution in [0.25, 0.3) is 13.2 Å². The summed E-state index contributed by atoms with van der Waals surface area (Å²) in [6, 6.07) is 0. The molecule has 0 radical (unpaired) electrons. The average Bonchev–Trinajstić information content (AvgIpc) is 2.23. The molecule has 0 heterocycles. The monoisotopic (exact) mass is 228 g/mol. The first-order valence-electron chi connectivity index (χ1n) is 6.13. The molecule has 1 aromatic rings. The van der Waals surface area contributed by atoms with Crippen LogP contribution in [-0.2, 0) is 5.41 Å². The van der Waals surface area contributed by atoms with Crippen molar-refractivity contribution < 1.29 is 0 Å². The van der Waals surface area contributed by atoms with Crippen molar-refractivity contribution in [2.24, 2.45) is 0 Å². The summed E-state index contributed by atoms with van der Waals surface area (Å²) >= 11 is 0. The topological polar surface area (TPSA) is 0 Å². The maximum atomic E-state index is 4.27. The van der Waals surface area contributed by atoms with Gasteiger partial charge in [-0.3, -0.25) is 0 Å². The highest BCUT2D eigenvalue weighted by atomic mass is 14.3. The minimum absolute atomic E-state index is 0.0772. The van der Waals surface area contributed by atoms with E-state index in [0.717, 1.165) is 11.6 Å². The molecule has 0 aliphatic heterocycles. The Morgan fingerprint density at radius 2 is 1.41 bits per heavy atom. The van der Waals surface area contributed by atoms with Crippen LogP contribution >= 0.6 is 0 Å². The van der Waals surface area contributed by atoms with E-state index in [1.165, 1.54) is 27.5 Å². The third kappa shape index (κ3) is 2.22. The first-order chi connectivity index (χ1) is 7.74. The molecule has 0 nitrogen and oxygen atoms in total. The highest BCUT2D eigenvalue weighted by Crippen LogP contribution is 2.26. The highest BCUT2D eigenvalue weighted by Gasteiger charge is 2.23. The van der Waals surface area contributed by atoms with E-state index < -0.39 is 0 Å². The van der Waals surface area contributed by atoms with Crippen molar-refractivity contribution in [1.82, 2.24) is 0 Å². The zero-order valence-corrected chi connectivity index (χ0v) is 11.9. The van der Waals surface area contributed by atoms with E-state index in [-0.39, 0.29) is 5.41 Å². The van der Waals surface area contributed by atoms with E-state index >= 15 is 0 Å². The van der Waals surface area contributed by atoms with Gasteiger partial charge >= 0.3 is 0 Å². The predicted molar refractivity (Wildman–Crippen MR) is 78.8 cm³/mol. The number of hydrogen-bond donors (Lipinski definition) is 0. The van der Waals surface area contributed by atoms with Crippen molar-refractivity contribution in [1.29, 1.82) is 0 Å². The summed E-state index contributed by atoms with van der Waals surface area (Å²) in [4.78, 5) is 0. The normalized spacial score (nSPS) is 11.6. The lowest BCUT2D eigenvalue weighted by Crippen LogP contribution is -2.33. The molecule has 0 heteroatoms. The molecule has 0 aromatic heterocycles. The molecular formula is C17H24. The molecule has 0 saturated heterocycles. The Kier molecular flexibility index (Phi) is 3.66. The van der Waals surface area contributed by atoms with Gasteiger partial charge in [0.05, 0.1) is 0 Å². The molecule has 0 fully saturated rings. The van der Waals surface area contributed by atoms with Gasteiger partial charge in [0.1, 0.15) is 0 Å². The van der Waals surface area contributed by atoms with Gasteiger partial charge in [0.2, 0.25) is 0 Å². The second kappa shape index (κ2) is 4.52. The lowest BCUT2D eigenvalue weighted by molar-refractivity contribution is 0.526. The van der Waals surface area contributed by atoms with Gasteiger partial charge in [-0.15, -0.1) is 6.58 Å². The zero-order chi connectivity index (χ0) is 13.4. The van der Waals surface area contributed by atoms with E-state index in [2.05, 4.69) is 54.4 Å². The average molecular weight is 228 g/mol. The fraction of sp³-hybridized carbons (Fsp3) is 0.412. The summed E-state index contributed by atoms with van der Waals surface area (Å²) in [6.07, 6.45) is 2.94. The van der Waals surface area contributed by atoms with E-state index in [9.17, 15) is 0 Å². The summed E-state index contributed by atoms with van der Waals surface area (Å²) in [5, 5.41) is 2.32. The van der Waals surface area contributed by atoms with Gasteiger partial charge in [0, 0.05) is 0 Å². The number of allylic oxidation sites excluding steroid dienone is 1. The molecule has 0 atom stereocenters. The van der Waals surface area contributed by atoms with Gasteiger partial charge in [0.15, 0.2) is 0 Å². The van der Waals surface area contributed by atoms with Crippen LogP contribution in [0, 0.1) is 20.8 Å². The standard InChI is InChI=1S/C17H24/c1-9-10-17(7,8)16-14(5)12(3)11(2)13(4)15(16)6/h9H,1,3,6,10H2,2,4-5,7-8H3. The lowest BCUT2D eigenvalue weighted by Gasteiger charge is -2.28. The van der Waals surface area contributed by atoms with Gasteiger partial charge in [-0.2, -0.15) is 0 Å². The molecule has 0 N–H and O–H groups in total. The van der Waals surface area contributed by atoms with Crippen LogP contribution in [0.1, 0.15) is 42.5 Å². The van der Waals surface area contributed by atoms with Crippen LogP contribution in [0.4, 0.5) is 0 Å². The van der Waals surface area contributed by atoms with Crippen molar-refractivity contribution in [2.75, 3.05) is 0 Å². The smallest absolute Gasteiger partial charge is 0.00606 e. The quantitative estimate of drug-likeness (QED) is 0.696. The van der Waals surface area contributed by atoms with Crippen molar-refractivity contribution in [2.45, 2.75) is 46.5 Å². The molecule has 0 amide bonds. The van der Waals surface area contributed by atoms with Gasteiger partial charge in [0.25, 0.3) is 0 Å². The number of benzene rings is 1. The minimum atomic E-state index is 0.0772. The van der Waals surface area contributed by atoms with Crippen molar-refractivity contribution >= 4 is 13.2 Å². The Bertz CT molecular complexity index is 545. The predicted octanol–water partition coefficient (Wildman–Crippen LogP) is 3.29. The molecule has 92 valence electrons. The first kappa shape index (κ1) is 13.8. The van der Waals surface area contributed by atoms with Crippen LogP contribution in [0.3, 0.4) is 0 Å². The van der Waals surface area contributed by atoms with E-state index in [4.69, 9.17) is 0 Å². The lowest BCUT2D eigenvalue weighted by atomic mass is 9.76. The minimum Gasteiger partial charge on any atom is -0.103 e. The van der Waals surface area contributed by atoms with Crippen molar-refractivity contribution in [3.8, 4) is 0 Å². The zero-order valence-electron chi connectivity index (χ0n) is 11.9. The molecule has 0 spiro atoms. The Hall–Kier alpha value is -1.30. The summed E-state index contributed by atoms with van der Waals surface area (Å²) in [5.41, 5.74) is 5.24. The molecule has 0 unspecified atom stereocenters. The van der Waals surface area contributed by atoms with Crippen LogP contribution in [0.2, 0.25) is 0 Å². The van der Waals surface area contributed by atoms with E-state index in [0.29, 0.717) is 0 Å². The molecule has 0 aliphatic carbocycles. The third-order valence-corrected chi connectivity index (χ3v) is 3.93. The maximum absolute atomic E-state index is 4.27. The van der Waals surface area contributed by atoms with Crippen molar-refractivity contribution in [3.63, 3.8) is 0 Å². The fourth-order valence-corrected chi connectivity index (χ4v) is 2.68. The second-order valence-corrected chi connectivity index (χ2v) is 5.58. The Balaban J connectivity index is 3.73. The van der Waals surface area contributed by atoms with Gasteiger partial charge in [-0.1, -0.05) is 33.1 Å². The van der Waals surface area contributed by atoms with Crippen LogP contribution in [0.5, 0.6) is 0 Å². The van der Waals surface area contributed by atoms with Crippen LogP contribution < -0.4 is 10.4 Å². The van der Waals surface area contributed by atoms with Crippen LogP contribution in [-0.4, -0.2) is 0 Å². The molecular weight excluding hydrogens is 204 g/mol. The summed E-state index contributed by atoms with van der Waals surface area (Å²) in [7, 11) is 0. The maximum Gasteiger partial charge on any atom is -0.00606 e. The Morgan fingerprint density at radius 3 is 1.88 bits per heavy atom. The Morgan fingerprint density at radius 1 is 0.941 bits per heavy atom. The Labute approximate surface area is 105 Å². The summed E-state index contributed by atoms with van der Waals surface area (Å²) in [5.74, 6) is 0. The largest absolute Gasteiger partial charge is 0.103 e. The fourth-order valence-electron chi connectivity index (χ4n) is 2.68. The number of rotatable bonds is 3. The second-order valence-electron chi connectivity index (χ2n) is 5.58. The van der Waals surface area contributed by atoms with Gasteiger partial charge < -0.3 is 0 Å². The molecule has 1 rings (SSSR count). The molecule has 1 aromatic carbocycles. The van der Waals surface area contributed by atoms with Gasteiger partial charge in [-0.05, 0) is 65.3 Å². The van der Waals surface area contributed by atoms with E-state index in [1.807, 2.05) is 6.08 Å². The summed E-state index contributed by atoms with van der Waals surface area (Å²) in [6.45, 7) is 23.3. The highest BCUT2D eigenvalue weighted by molar-refractivity contribution is 5.45. The number of hydrogen-bond acceptors (Lipinski definition) is 0.